The summed E-state index contributed by atoms with van der Waals surface area (Å²) in [4.78, 5) is 29.2. The molecule has 0 saturated carbocycles. The first kappa shape index (κ1) is 23.5. The number of anilines is 2. The van der Waals surface area contributed by atoms with Crippen molar-refractivity contribution in [1.29, 1.82) is 0 Å². The number of piperazine rings is 1. The van der Waals surface area contributed by atoms with Gasteiger partial charge in [-0.15, -0.1) is 0 Å². The zero-order valence-corrected chi connectivity index (χ0v) is 19.7. The Hall–Kier alpha value is -2.15. The Morgan fingerprint density at radius 3 is 2.39 bits per heavy atom. The van der Waals surface area contributed by atoms with E-state index in [4.69, 9.17) is 39.5 Å². The molecule has 1 N–H and O–H groups in total. The summed E-state index contributed by atoms with van der Waals surface area (Å²) in [6.07, 6.45) is 1.40. The zero-order chi connectivity index (χ0) is 22.5. The second kappa shape index (κ2) is 10.4. The molecule has 1 saturated heterocycles. The van der Waals surface area contributed by atoms with Gasteiger partial charge in [0.05, 0.1) is 29.1 Å². The number of carbonyl (C=O) groups is 2. The van der Waals surface area contributed by atoms with Gasteiger partial charge in [-0.2, -0.15) is 0 Å². The fraction of sp³-hybridized carbons (Fsp3) is 0.364. The van der Waals surface area contributed by atoms with Gasteiger partial charge >= 0.3 is 0 Å². The lowest BCUT2D eigenvalue weighted by atomic mass is 10.1. The lowest BCUT2D eigenvalue weighted by Crippen LogP contribution is -2.48. The second-order valence-electron chi connectivity index (χ2n) is 7.20. The van der Waals surface area contributed by atoms with Crippen molar-refractivity contribution in [2.45, 2.75) is 19.8 Å². The lowest BCUT2D eigenvalue weighted by molar-refractivity contribution is -0.131. The van der Waals surface area contributed by atoms with Crippen LogP contribution in [0.1, 0.15) is 30.1 Å². The van der Waals surface area contributed by atoms with Crippen LogP contribution < -0.4 is 15.0 Å². The zero-order valence-electron chi connectivity index (χ0n) is 17.4. The van der Waals surface area contributed by atoms with Gasteiger partial charge in [0.1, 0.15) is 5.75 Å². The van der Waals surface area contributed by atoms with Crippen molar-refractivity contribution in [3.8, 4) is 5.75 Å². The number of halogens is 3. The molecule has 0 aliphatic carbocycles. The second-order valence-corrected chi connectivity index (χ2v) is 8.48. The minimum Gasteiger partial charge on any atom is -0.494 e. The summed E-state index contributed by atoms with van der Waals surface area (Å²) < 4.78 is 5.29. The van der Waals surface area contributed by atoms with Crippen LogP contribution in [0.4, 0.5) is 11.4 Å². The van der Waals surface area contributed by atoms with E-state index in [2.05, 4.69) is 10.2 Å². The Bertz CT molecular complexity index is 976. The number of amides is 2. The molecule has 2 aromatic rings. The van der Waals surface area contributed by atoms with Crippen LogP contribution in [0.15, 0.2) is 30.3 Å². The fourth-order valence-corrected chi connectivity index (χ4v) is 4.32. The van der Waals surface area contributed by atoms with E-state index in [9.17, 15) is 9.59 Å². The molecule has 0 bridgehead atoms. The van der Waals surface area contributed by atoms with E-state index in [0.29, 0.717) is 48.3 Å². The molecule has 2 aromatic carbocycles. The van der Waals surface area contributed by atoms with Gasteiger partial charge in [0, 0.05) is 42.6 Å². The van der Waals surface area contributed by atoms with Crippen molar-refractivity contribution in [2.24, 2.45) is 0 Å². The minimum absolute atomic E-state index is 0.178. The van der Waals surface area contributed by atoms with Crippen molar-refractivity contribution in [2.75, 3.05) is 43.5 Å². The predicted molar refractivity (Wildman–Crippen MR) is 126 cm³/mol. The Morgan fingerprint density at radius 1 is 1.03 bits per heavy atom. The number of methoxy groups -OCH3 is 1. The van der Waals surface area contributed by atoms with Crippen LogP contribution in [0.25, 0.3) is 0 Å². The predicted octanol–water partition coefficient (Wildman–Crippen LogP) is 5.36. The molecule has 6 nitrogen and oxygen atoms in total. The van der Waals surface area contributed by atoms with Gasteiger partial charge in [0.25, 0.3) is 5.91 Å². The van der Waals surface area contributed by atoms with Crippen LogP contribution in [0.5, 0.6) is 5.75 Å². The quantitative estimate of drug-likeness (QED) is 0.600. The maximum absolute atomic E-state index is 13.0. The number of benzene rings is 2. The number of rotatable bonds is 6. The summed E-state index contributed by atoms with van der Waals surface area (Å²) in [5, 5.41) is 3.98. The van der Waals surface area contributed by atoms with Gasteiger partial charge in [-0.1, -0.05) is 41.7 Å². The maximum atomic E-state index is 13.0. The third-order valence-electron chi connectivity index (χ3n) is 5.10. The van der Waals surface area contributed by atoms with E-state index in [1.165, 1.54) is 19.2 Å². The van der Waals surface area contributed by atoms with Gasteiger partial charge in [-0.25, -0.2) is 0 Å². The average Bonchev–Trinajstić information content (AvgIpc) is 2.73. The minimum atomic E-state index is -0.415. The highest BCUT2D eigenvalue weighted by atomic mass is 35.5. The van der Waals surface area contributed by atoms with E-state index in [1.807, 2.05) is 17.9 Å². The molecule has 9 heteroatoms. The first-order valence-electron chi connectivity index (χ1n) is 10.0. The van der Waals surface area contributed by atoms with Crippen LogP contribution >= 0.6 is 34.8 Å². The van der Waals surface area contributed by atoms with E-state index in [-0.39, 0.29) is 22.2 Å². The summed E-state index contributed by atoms with van der Waals surface area (Å²) in [5.41, 5.74) is 1.61. The Kier molecular flexibility index (Phi) is 7.92. The molecular weight excluding hydrogens is 461 g/mol. The monoisotopic (exact) mass is 483 g/mol. The number of hydrogen-bond donors (Lipinski definition) is 1. The van der Waals surface area contributed by atoms with Gasteiger partial charge in [-0.05, 0) is 36.8 Å². The molecule has 0 atom stereocenters. The number of nitrogens with zero attached hydrogens (tertiary/aromatic N) is 2. The van der Waals surface area contributed by atoms with Crippen molar-refractivity contribution >= 4 is 58.0 Å². The van der Waals surface area contributed by atoms with Gasteiger partial charge in [0.15, 0.2) is 0 Å². The van der Waals surface area contributed by atoms with Gasteiger partial charge in [-0.3, -0.25) is 9.59 Å². The summed E-state index contributed by atoms with van der Waals surface area (Å²) in [6.45, 7) is 4.58. The molecule has 0 radical (unpaired) electrons. The molecule has 31 heavy (non-hydrogen) atoms. The van der Waals surface area contributed by atoms with Crippen LogP contribution in [0.2, 0.25) is 15.1 Å². The molecule has 1 aliphatic heterocycles. The SMILES string of the molecule is CCCC(=O)N1CCN(c2ccc(Cl)cc2NC(=O)c2cc(Cl)cc(Cl)c2OC)CC1. The number of nitrogens with one attached hydrogen (secondary N) is 1. The number of ether oxygens (including phenoxy) is 1. The first-order valence-corrected chi connectivity index (χ1v) is 11.1. The molecule has 2 amide bonds. The maximum Gasteiger partial charge on any atom is 0.259 e. The summed E-state index contributed by atoms with van der Waals surface area (Å²) in [6, 6.07) is 8.36. The fourth-order valence-electron chi connectivity index (χ4n) is 3.58. The van der Waals surface area contributed by atoms with Crippen molar-refractivity contribution < 1.29 is 14.3 Å². The third kappa shape index (κ3) is 5.56. The normalized spacial score (nSPS) is 13.8. The largest absolute Gasteiger partial charge is 0.494 e. The molecule has 3 rings (SSSR count). The smallest absolute Gasteiger partial charge is 0.259 e. The molecule has 166 valence electrons. The van der Waals surface area contributed by atoms with E-state index in [0.717, 1.165) is 12.1 Å². The van der Waals surface area contributed by atoms with Crippen molar-refractivity contribution in [3.05, 3.63) is 51.0 Å². The number of hydrogen-bond acceptors (Lipinski definition) is 4. The summed E-state index contributed by atoms with van der Waals surface area (Å²) in [5.74, 6) is 0.00781. The summed E-state index contributed by atoms with van der Waals surface area (Å²) >= 11 is 18.5. The van der Waals surface area contributed by atoms with Crippen molar-refractivity contribution in [1.82, 2.24) is 4.90 Å². The van der Waals surface area contributed by atoms with Gasteiger partial charge in [0.2, 0.25) is 5.91 Å². The molecule has 0 spiro atoms. The van der Waals surface area contributed by atoms with E-state index >= 15 is 0 Å². The molecule has 0 aromatic heterocycles. The molecule has 1 aliphatic rings. The van der Waals surface area contributed by atoms with E-state index in [1.54, 1.807) is 12.1 Å². The Balaban J connectivity index is 1.82. The Labute approximate surface area is 197 Å². The topological polar surface area (TPSA) is 61.9 Å². The van der Waals surface area contributed by atoms with Gasteiger partial charge < -0.3 is 19.9 Å². The highest BCUT2D eigenvalue weighted by Crippen LogP contribution is 2.35. The van der Waals surface area contributed by atoms with Crippen molar-refractivity contribution in [3.63, 3.8) is 0 Å². The average molecular weight is 485 g/mol. The standard InChI is InChI=1S/C22H24Cl3N3O3/c1-3-4-20(29)28-9-7-27(8-10-28)19-6-5-14(23)13-18(19)26-22(30)16-11-15(24)12-17(25)21(16)31-2/h5-6,11-13H,3-4,7-10H2,1-2H3,(H,26,30). The first-order chi connectivity index (χ1) is 14.8. The van der Waals surface area contributed by atoms with Crippen LogP contribution in [0, 0.1) is 0 Å². The molecular formula is C22H24Cl3N3O3. The summed E-state index contributed by atoms with van der Waals surface area (Å²) in [7, 11) is 1.44. The molecule has 0 unspecified atom stereocenters. The number of carbonyl (C=O) groups excluding carboxylic acids is 2. The van der Waals surface area contributed by atoms with Crippen LogP contribution in [0.3, 0.4) is 0 Å². The highest BCUT2D eigenvalue weighted by molar-refractivity contribution is 6.36. The molecule has 1 heterocycles. The Morgan fingerprint density at radius 2 is 1.74 bits per heavy atom. The van der Waals surface area contributed by atoms with Crippen LogP contribution in [-0.2, 0) is 4.79 Å². The third-order valence-corrected chi connectivity index (χ3v) is 5.83. The van der Waals surface area contributed by atoms with E-state index < -0.39 is 5.91 Å². The lowest BCUT2D eigenvalue weighted by Gasteiger charge is -2.37. The highest BCUT2D eigenvalue weighted by Gasteiger charge is 2.24. The molecule has 1 fully saturated rings. The van der Waals surface area contributed by atoms with Crippen LogP contribution in [-0.4, -0.2) is 50.0 Å².